The van der Waals surface area contributed by atoms with Gasteiger partial charge < -0.3 is 25.3 Å². The van der Waals surface area contributed by atoms with E-state index in [4.69, 9.17) is 4.74 Å². The number of H-pyrrole nitrogens is 1. The summed E-state index contributed by atoms with van der Waals surface area (Å²) in [6, 6.07) is 8.31. The highest BCUT2D eigenvalue weighted by atomic mass is 32.2. The zero-order valence-corrected chi connectivity index (χ0v) is 22.5. The molecule has 40 heavy (non-hydrogen) atoms. The number of hydrogen-bond acceptors (Lipinski definition) is 7. The van der Waals surface area contributed by atoms with Crippen LogP contribution in [0.4, 0.5) is 28.9 Å². The number of anilines is 2. The van der Waals surface area contributed by atoms with Crippen molar-refractivity contribution in [2.75, 3.05) is 44.4 Å². The summed E-state index contributed by atoms with van der Waals surface area (Å²) in [4.78, 5) is 13.6. The van der Waals surface area contributed by atoms with Gasteiger partial charge >= 0.3 is 5.51 Å². The summed E-state index contributed by atoms with van der Waals surface area (Å²) >= 11 is -0.281. The Bertz CT molecular complexity index is 1530. The molecule has 0 amide bonds. The molecule has 4 aromatic rings. The number of thioether (sulfide) groups is 1. The van der Waals surface area contributed by atoms with Crippen molar-refractivity contribution in [3.8, 4) is 29.0 Å². The third kappa shape index (κ3) is 6.29. The first kappa shape index (κ1) is 27.7. The molecule has 0 saturated carbocycles. The van der Waals surface area contributed by atoms with Gasteiger partial charge in [-0.1, -0.05) is 5.92 Å². The molecule has 1 aromatic carbocycles. The minimum atomic E-state index is -4.55. The molecule has 3 N–H and O–H groups in total. The Hall–Kier alpha value is -3.89. The molecule has 3 aromatic heterocycles. The highest BCUT2D eigenvalue weighted by molar-refractivity contribution is 8.00. The lowest BCUT2D eigenvalue weighted by molar-refractivity contribution is -0.0329. The van der Waals surface area contributed by atoms with Crippen LogP contribution >= 0.6 is 11.8 Å². The Morgan fingerprint density at radius 2 is 2.10 bits per heavy atom. The van der Waals surface area contributed by atoms with Gasteiger partial charge in [0, 0.05) is 49.0 Å². The van der Waals surface area contributed by atoms with Crippen LogP contribution in [0, 0.1) is 11.8 Å². The molecule has 1 fully saturated rings. The number of methoxy groups -OCH3 is 1. The van der Waals surface area contributed by atoms with Gasteiger partial charge in [0.2, 0.25) is 0 Å². The third-order valence-electron chi connectivity index (χ3n) is 6.45. The van der Waals surface area contributed by atoms with Gasteiger partial charge in [-0.3, -0.25) is 4.40 Å². The number of likely N-dealkylation sites (tertiary alicyclic amines) is 1. The zero-order chi connectivity index (χ0) is 28.3. The van der Waals surface area contributed by atoms with Crippen molar-refractivity contribution in [2.24, 2.45) is 0 Å². The highest BCUT2D eigenvalue weighted by Gasteiger charge is 2.33. The largest absolute Gasteiger partial charge is 0.495 e. The molecule has 0 aliphatic carbocycles. The average molecular weight is 574 g/mol. The van der Waals surface area contributed by atoms with Gasteiger partial charge in [-0.15, -0.1) is 0 Å². The van der Waals surface area contributed by atoms with Gasteiger partial charge in [-0.05, 0) is 49.7 Å². The van der Waals surface area contributed by atoms with Gasteiger partial charge in [0.1, 0.15) is 28.5 Å². The lowest BCUT2D eigenvalue weighted by Gasteiger charge is -2.33. The van der Waals surface area contributed by atoms with Crippen molar-refractivity contribution < 1.29 is 22.3 Å². The van der Waals surface area contributed by atoms with Gasteiger partial charge in [0.25, 0.3) is 0 Å². The summed E-state index contributed by atoms with van der Waals surface area (Å²) in [6.45, 7) is 1.11. The summed E-state index contributed by atoms with van der Waals surface area (Å²) < 4.78 is 61.9. The minimum absolute atomic E-state index is 0.0187. The van der Waals surface area contributed by atoms with Crippen LogP contribution in [0.3, 0.4) is 0 Å². The van der Waals surface area contributed by atoms with E-state index in [1.807, 2.05) is 24.1 Å². The summed E-state index contributed by atoms with van der Waals surface area (Å²) in [5.41, 5.74) is -2.39. The fraction of sp³-hybridized carbons (Fsp3) is 0.333. The first-order chi connectivity index (χ1) is 19.2. The molecule has 210 valence electrons. The van der Waals surface area contributed by atoms with Crippen LogP contribution in [0.2, 0.25) is 0 Å². The summed E-state index contributed by atoms with van der Waals surface area (Å²) in [6.07, 6.45) is 4.30. The van der Waals surface area contributed by atoms with E-state index in [0.717, 1.165) is 5.56 Å². The summed E-state index contributed by atoms with van der Waals surface area (Å²) in [7, 11) is 3.39. The SMILES string of the molecule is COc1ccc(-c2ncc[nH]2)cc1NCC#Cc1nc2c(N[C@@H]3CCN(C)C[C@@H]3F)cccn2c1SC(F)(F)F. The third-order valence-corrected chi connectivity index (χ3v) is 7.26. The van der Waals surface area contributed by atoms with E-state index in [9.17, 15) is 17.6 Å². The number of fused-ring (bicyclic) bond motifs is 1. The molecule has 0 radical (unpaired) electrons. The first-order valence-corrected chi connectivity index (χ1v) is 13.3. The number of piperidine rings is 1. The van der Waals surface area contributed by atoms with E-state index in [1.165, 1.54) is 10.6 Å². The first-order valence-electron chi connectivity index (χ1n) is 12.5. The van der Waals surface area contributed by atoms with Gasteiger partial charge in [-0.25, -0.2) is 14.4 Å². The normalized spacial score (nSPS) is 17.9. The number of alkyl halides is 4. The second-order valence-electron chi connectivity index (χ2n) is 9.25. The number of hydrogen-bond donors (Lipinski definition) is 3. The van der Waals surface area contributed by atoms with Crippen molar-refractivity contribution in [3.63, 3.8) is 0 Å². The van der Waals surface area contributed by atoms with Gasteiger partial charge in [0.15, 0.2) is 5.65 Å². The fourth-order valence-electron chi connectivity index (χ4n) is 4.55. The molecule has 13 heteroatoms. The molecule has 1 saturated heterocycles. The number of ether oxygens (including phenoxy) is 1. The Kier molecular flexibility index (Phi) is 8.09. The van der Waals surface area contributed by atoms with E-state index < -0.39 is 17.7 Å². The van der Waals surface area contributed by atoms with Crippen molar-refractivity contribution in [1.82, 2.24) is 24.3 Å². The van der Waals surface area contributed by atoms with Crippen LogP contribution in [0.15, 0.2) is 53.9 Å². The number of nitrogens with one attached hydrogen (secondary N) is 3. The second kappa shape index (κ2) is 11.7. The van der Waals surface area contributed by atoms with Crippen LogP contribution in [0.5, 0.6) is 5.75 Å². The Balaban J connectivity index is 1.41. The quantitative estimate of drug-likeness (QED) is 0.158. The molecule has 1 aliphatic heterocycles. The predicted octanol–water partition coefficient (Wildman–Crippen LogP) is 5.26. The number of nitrogens with zero attached hydrogens (tertiary/aromatic N) is 4. The molecule has 5 rings (SSSR count). The fourth-order valence-corrected chi connectivity index (χ4v) is 5.21. The predicted molar refractivity (Wildman–Crippen MR) is 147 cm³/mol. The Morgan fingerprint density at radius 3 is 2.83 bits per heavy atom. The molecular formula is C27H27F4N7OS. The molecular weight excluding hydrogens is 546 g/mol. The lowest BCUT2D eigenvalue weighted by atomic mass is 10.0. The molecule has 4 heterocycles. The number of pyridine rings is 1. The van der Waals surface area contributed by atoms with Crippen molar-refractivity contribution in [3.05, 3.63) is 54.6 Å². The molecule has 8 nitrogen and oxygen atoms in total. The average Bonchev–Trinajstić information content (AvgIpc) is 3.57. The van der Waals surface area contributed by atoms with E-state index in [0.29, 0.717) is 35.9 Å². The van der Waals surface area contributed by atoms with Crippen LogP contribution < -0.4 is 15.4 Å². The van der Waals surface area contributed by atoms with Crippen molar-refractivity contribution in [1.29, 1.82) is 0 Å². The highest BCUT2D eigenvalue weighted by Crippen LogP contribution is 2.39. The maximum atomic E-state index is 14.7. The van der Waals surface area contributed by atoms with Gasteiger partial charge in [-0.2, -0.15) is 13.2 Å². The topological polar surface area (TPSA) is 82.5 Å². The Morgan fingerprint density at radius 1 is 1.25 bits per heavy atom. The van der Waals surface area contributed by atoms with Crippen LogP contribution in [0.1, 0.15) is 12.1 Å². The van der Waals surface area contributed by atoms with Gasteiger partial charge in [0.05, 0.1) is 31.1 Å². The minimum Gasteiger partial charge on any atom is -0.495 e. The van der Waals surface area contributed by atoms with Crippen molar-refractivity contribution in [2.45, 2.75) is 29.2 Å². The van der Waals surface area contributed by atoms with Crippen LogP contribution in [-0.2, 0) is 0 Å². The molecule has 0 spiro atoms. The number of imidazole rings is 2. The summed E-state index contributed by atoms with van der Waals surface area (Å²) in [5, 5.41) is 6.15. The lowest BCUT2D eigenvalue weighted by Crippen LogP contribution is -2.46. The Labute approximate surface area is 232 Å². The number of benzene rings is 1. The monoisotopic (exact) mass is 573 g/mol. The summed E-state index contributed by atoms with van der Waals surface area (Å²) in [5.74, 6) is 6.92. The molecule has 0 bridgehead atoms. The maximum absolute atomic E-state index is 14.7. The molecule has 1 aliphatic rings. The molecule has 0 unspecified atom stereocenters. The van der Waals surface area contributed by atoms with Crippen molar-refractivity contribution >= 4 is 28.8 Å². The van der Waals surface area contributed by atoms with E-state index in [1.54, 1.807) is 37.7 Å². The van der Waals surface area contributed by atoms with Crippen LogP contribution in [-0.4, -0.2) is 75.8 Å². The number of halogens is 4. The standard InChI is InChI=1S/C27H27F4N7OS/c1-37-14-9-19(18(28)16-37)35-20-6-4-13-38-25(20)36-21(26(38)40-27(29,30)31)5-3-10-32-22-15-17(7-8-23(22)39-2)24-33-11-12-34-24/h4,6-8,11-13,15,18-19,32,35H,9-10,14,16H2,1-2H3,(H,33,34)/t18-,19+/m0/s1. The molecule has 2 atom stereocenters. The number of aromatic nitrogens is 4. The second-order valence-corrected chi connectivity index (χ2v) is 10.3. The smallest absolute Gasteiger partial charge is 0.447 e. The maximum Gasteiger partial charge on any atom is 0.447 e. The van der Waals surface area contributed by atoms with E-state index in [2.05, 4.69) is 37.4 Å². The van der Waals surface area contributed by atoms with E-state index >= 15 is 0 Å². The number of aromatic amines is 1. The zero-order valence-electron chi connectivity index (χ0n) is 21.7. The van der Waals surface area contributed by atoms with Crippen LogP contribution in [0.25, 0.3) is 17.0 Å². The number of rotatable bonds is 7. The van der Waals surface area contributed by atoms with E-state index in [-0.39, 0.29) is 41.2 Å².